The maximum Gasteiger partial charge on any atom is 0.124 e. The molecule has 0 spiro atoms. The quantitative estimate of drug-likeness (QED) is 0.859. The molecule has 0 bridgehead atoms. The fourth-order valence-electron chi connectivity index (χ4n) is 2.49. The summed E-state index contributed by atoms with van der Waals surface area (Å²) in [7, 11) is 0. The minimum absolute atomic E-state index is 0.0669. The van der Waals surface area contributed by atoms with Crippen LogP contribution in [-0.4, -0.2) is 23.4 Å². The largest absolute Gasteiger partial charge is 0.487 e. The molecule has 2 unspecified atom stereocenters. The smallest absolute Gasteiger partial charge is 0.124 e. The fourth-order valence-corrected chi connectivity index (χ4v) is 2.90. The van der Waals surface area contributed by atoms with Crippen molar-refractivity contribution in [1.82, 2.24) is 5.32 Å². The Balaban J connectivity index is 2.09. The molecule has 20 heavy (non-hydrogen) atoms. The summed E-state index contributed by atoms with van der Waals surface area (Å²) in [6.45, 7) is 5.03. The number of benzene rings is 1. The molecule has 0 aliphatic heterocycles. The SMILES string of the molecule is CC(C)NCc1cc(Br)ccc1OC1CCCCC1O. The number of hydrogen-bond donors (Lipinski definition) is 2. The molecule has 1 aliphatic rings. The molecule has 3 nitrogen and oxygen atoms in total. The zero-order valence-electron chi connectivity index (χ0n) is 12.2. The zero-order valence-corrected chi connectivity index (χ0v) is 13.8. The van der Waals surface area contributed by atoms with Crippen LogP contribution in [-0.2, 0) is 6.54 Å². The number of ether oxygens (including phenoxy) is 1. The first-order valence-corrected chi connectivity index (χ1v) is 8.22. The maximum absolute atomic E-state index is 10.0. The Bertz CT molecular complexity index is 436. The van der Waals surface area contributed by atoms with Crippen LogP contribution in [0.2, 0.25) is 0 Å². The molecular weight excluding hydrogens is 318 g/mol. The molecule has 112 valence electrons. The highest BCUT2D eigenvalue weighted by atomic mass is 79.9. The highest BCUT2D eigenvalue weighted by molar-refractivity contribution is 9.10. The van der Waals surface area contributed by atoms with Crippen molar-refractivity contribution >= 4 is 15.9 Å². The van der Waals surface area contributed by atoms with Gasteiger partial charge in [-0.15, -0.1) is 0 Å². The van der Waals surface area contributed by atoms with Gasteiger partial charge in [0.25, 0.3) is 0 Å². The Labute approximate surface area is 129 Å². The molecule has 1 aromatic carbocycles. The van der Waals surface area contributed by atoms with Crippen LogP contribution in [0.1, 0.15) is 45.1 Å². The highest BCUT2D eigenvalue weighted by Gasteiger charge is 2.25. The number of halogens is 1. The summed E-state index contributed by atoms with van der Waals surface area (Å²) in [5.74, 6) is 0.882. The van der Waals surface area contributed by atoms with Crippen molar-refractivity contribution in [3.63, 3.8) is 0 Å². The van der Waals surface area contributed by atoms with Gasteiger partial charge in [0.05, 0.1) is 6.10 Å². The second-order valence-corrected chi connectivity index (χ2v) is 6.71. The molecule has 1 aromatic rings. The third kappa shape index (κ3) is 4.47. The van der Waals surface area contributed by atoms with Crippen LogP contribution in [0.5, 0.6) is 5.75 Å². The lowest BCUT2D eigenvalue weighted by Crippen LogP contribution is -2.35. The van der Waals surface area contributed by atoms with Gasteiger partial charge in [-0.1, -0.05) is 36.2 Å². The van der Waals surface area contributed by atoms with Crippen LogP contribution in [0.15, 0.2) is 22.7 Å². The van der Waals surface area contributed by atoms with Gasteiger partial charge < -0.3 is 15.2 Å². The van der Waals surface area contributed by atoms with E-state index in [-0.39, 0.29) is 12.2 Å². The topological polar surface area (TPSA) is 41.5 Å². The van der Waals surface area contributed by atoms with Gasteiger partial charge in [-0.05, 0) is 37.5 Å². The number of nitrogens with one attached hydrogen (secondary N) is 1. The minimum atomic E-state index is -0.335. The summed E-state index contributed by atoms with van der Waals surface area (Å²) in [6.07, 6.45) is 3.62. The molecule has 1 fully saturated rings. The van der Waals surface area contributed by atoms with E-state index in [1.165, 1.54) is 0 Å². The molecule has 0 radical (unpaired) electrons. The molecule has 1 saturated carbocycles. The van der Waals surface area contributed by atoms with E-state index < -0.39 is 0 Å². The Morgan fingerprint density at radius 3 is 2.80 bits per heavy atom. The Kier molecular flexibility index (Phi) is 5.87. The number of rotatable bonds is 5. The third-order valence-electron chi connectivity index (χ3n) is 3.67. The van der Waals surface area contributed by atoms with E-state index in [2.05, 4.69) is 41.2 Å². The van der Waals surface area contributed by atoms with Gasteiger partial charge in [0, 0.05) is 22.6 Å². The molecule has 0 saturated heterocycles. The molecule has 1 aliphatic carbocycles. The molecule has 2 atom stereocenters. The predicted molar refractivity (Wildman–Crippen MR) is 85.0 cm³/mol. The van der Waals surface area contributed by atoms with Gasteiger partial charge >= 0.3 is 0 Å². The monoisotopic (exact) mass is 341 g/mol. The molecule has 0 aromatic heterocycles. The van der Waals surface area contributed by atoms with Crippen LogP contribution >= 0.6 is 15.9 Å². The summed E-state index contributed by atoms with van der Waals surface area (Å²) in [4.78, 5) is 0. The lowest BCUT2D eigenvalue weighted by Gasteiger charge is -2.29. The van der Waals surface area contributed by atoms with Gasteiger partial charge in [0.2, 0.25) is 0 Å². The van der Waals surface area contributed by atoms with Crippen molar-refractivity contribution in [2.24, 2.45) is 0 Å². The van der Waals surface area contributed by atoms with Crippen LogP contribution in [0.25, 0.3) is 0 Å². The van der Waals surface area contributed by atoms with Gasteiger partial charge in [-0.3, -0.25) is 0 Å². The average molecular weight is 342 g/mol. The van der Waals surface area contributed by atoms with Crippen LogP contribution < -0.4 is 10.1 Å². The van der Waals surface area contributed by atoms with E-state index in [4.69, 9.17) is 4.74 Å². The summed E-state index contributed by atoms with van der Waals surface area (Å²) >= 11 is 3.51. The van der Waals surface area contributed by atoms with Crippen molar-refractivity contribution in [2.45, 2.75) is 64.3 Å². The second kappa shape index (κ2) is 7.43. The van der Waals surface area contributed by atoms with Gasteiger partial charge in [-0.2, -0.15) is 0 Å². The normalized spacial score (nSPS) is 23.1. The number of aliphatic hydroxyl groups excluding tert-OH is 1. The van der Waals surface area contributed by atoms with E-state index in [0.29, 0.717) is 6.04 Å². The third-order valence-corrected chi connectivity index (χ3v) is 4.16. The van der Waals surface area contributed by atoms with Crippen molar-refractivity contribution in [3.05, 3.63) is 28.2 Å². The maximum atomic E-state index is 10.0. The van der Waals surface area contributed by atoms with Crippen molar-refractivity contribution in [1.29, 1.82) is 0 Å². The fraction of sp³-hybridized carbons (Fsp3) is 0.625. The molecule has 0 amide bonds. The summed E-state index contributed by atoms with van der Waals surface area (Å²) in [5.41, 5.74) is 1.13. The first kappa shape index (κ1) is 15.8. The van der Waals surface area contributed by atoms with E-state index in [9.17, 15) is 5.11 Å². The highest BCUT2D eigenvalue weighted by Crippen LogP contribution is 2.28. The van der Waals surface area contributed by atoms with Gasteiger partial charge in [-0.25, -0.2) is 0 Å². The first-order valence-electron chi connectivity index (χ1n) is 7.43. The standard InChI is InChI=1S/C16H24BrNO2/c1-11(2)18-10-12-9-13(17)7-8-15(12)20-16-6-4-3-5-14(16)19/h7-9,11,14,16,18-19H,3-6,10H2,1-2H3. The molecule has 2 rings (SSSR count). The summed E-state index contributed by atoms with van der Waals surface area (Å²) in [6, 6.07) is 6.49. The number of hydrogen-bond acceptors (Lipinski definition) is 3. The molecule has 2 N–H and O–H groups in total. The minimum Gasteiger partial charge on any atom is -0.487 e. The van der Waals surface area contributed by atoms with E-state index >= 15 is 0 Å². The summed E-state index contributed by atoms with van der Waals surface area (Å²) in [5, 5.41) is 13.5. The van der Waals surface area contributed by atoms with E-state index in [1.807, 2.05) is 12.1 Å². The van der Waals surface area contributed by atoms with Crippen molar-refractivity contribution in [3.8, 4) is 5.75 Å². The van der Waals surface area contributed by atoms with Crippen LogP contribution in [0.3, 0.4) is 0 Å². The average Bonchev–Trinajstić information content (AvgIpc) is 2.41. The molecule has 0 heterocycles. The van der Waals surface area contributed by atoms with Crippen LogP contribution in [0, 0.1) is 0 Å². The summed E-state index contributed by atoms with van der Waals surface area (Å²) < 4.78 is 7.13. The Hall–Kier alpha value is -0.580. The predicted octanol–water partition coefficient (Wildman–Crippen LogP) is 3.63. The van der Waals surface area contributed by atoms with E-state index in [0.717, 1.165) is 48.0 Å². The molecule has 4 heteroatoms. The first-order chi connectivity index (χ1) is 9.56. The Morgan fingerprint density at radius 1 is 1.35 bits per heavy atom. The van der Waals surface area contributed by atoms with Crippen molar-refractivity contribution < 1.29 is 9.84 Å². The van der Waals surface area contributed by atoms with E-state index in [1.54, 1.807) is 0 Å². The van der Waals surface area contributed by atoms with Crippen LogP contribution in [0.4, 0.5) is 0 Å². The lowest BCUT2D eigenvalue weighted by molar-refractivity contribution is 0.00634. The molecular formula is C16H24BrNO2. The van der Waals surface area contributed by atoms with Gasteiger partial charge in [0.1, 0.15) is 11.9 Å². The second-order valence-electron chi connectivity index (χ2n) is 5.80. The lowest BCUT2D eigenvalue weighted by atomic mass is 9.95. The number of aliphatic hydroxyl groups is 1. The van der Waals surface area contributed by atoms with Gasteiger partial charge in [0.15, 0.2) is 0 Å². The Morgan fingerprint density at radius 2 is 2.10 bits per heavy atom. The van der Waals surface area contributed by atoms with Crippen molar-refractivity contribution in [2.75, 3.05) is 0 Å². The zero-order chi connectivity index (χ0) is 14.5.